The van der Waals surface area contributed by atoms with E-state index in [0.717, 1.165) is 38.8 Å². The van der Waals surface area contributed by atoms with Crippen LogP contribution in [0, 0.1) is 5.92 Å². The molecule has 0 spiro atoms. The monoisotopic (exact) mass is 463 g/mol. The molecule has 2 fully saturated rings. The Bertz CT molecular complexity index is 1030. The van der Waals surface area contributed by atoms with Crippen LogP contribution in [0.25, 0.3) is 0 Å². The van der Waals surface area contributed by atoms with E-state index in [1.54, 1.807) is 6.07 Å². The number of rotatable bonds is 9. The van der Waals surface area contributed by atoms with E-state index in [0.29, 0.717) is 37.6 Å². The molecule has 2 aromatic rings. The summed E-state index contributed by atoms with van der Waals surface area (Å²) in [6.07, 6.45) is 5.69. The van der Waals surface area contributed by atoms with Gasteiger partial charge in [0.1, 0.15) is 17.8 Å². The predicted molar refractivity (Wildman–Crippen MR) is 128 cm³/mol. The first-order valence-corrected chi connectivity index (χ1v) is 12.4. The molecule has 2 N–H and O–H groups in total. The number of fused-ring (bicyclic) bond motifs is 1. The van der Waals surface area contributed by atoms with Gasteiger partial charge >= 0.3 is 0 Å². The Balaban J connectivity index is 1.06. The topological polar surface area (TPSA) is 98.7 Å². The van der Waals surface area contributed by atoms with Crippen molar-refractivity contribution in [2.24, 2.45) is 5.92 Å². The fourth-order valence-corrected chi connectivity index (χ4v) is 4.99. The van der Waals surface area contributed by atoms with Gasteiger partial charge in [-0.1, -0.05) is 30.7 Å². The number of ketones is 1. The number of carbonyl (C=O) groups excluding carboxylic acids is 2. The minimum atomic E-state index is -0.553. The molecular weight excluding hydrogens is 430 g/mol. The molecule has 5 rings (SSSR count). The van der Waals surface area contributed by atoms with Gasteiger partial charge in [0, 0.05) is 51.1 Å². The highest BCUT2D eigenvalue weighted by atomic mass is 16.3. The van der Waals surface area contributed by atoms with E-state index in [9.17, 15) is 14.7 Å². The minimum absolute atomic E-state index is 0.0936. The number of nitrogens with one attached hydrogen (secondary N) is 1. The molecule has 1 amide bonds. The average Bonchev–Trinajstić information content (AvgIpc) is 2.78. The molecule has 34 heavy (non-hydrogen) atoms. The zero-order chi connectivity index (χ0) is 23.5. The minimum Gasteiger partial charge on any atom is -0.392 e. The fraction of sp³-hybridized carbons (Fsp3) is 0.538. The smallest absolute Gasteiger partial charge is 0.225 e. The molecular formula is C26H33N5O3. The van der Waals surface area contributed by atoms with Crippen LogP contribution in [-0.2, 0) is 17.8 Å². The lowest BCUT2D eigenvalue weighted by Crippen LogP contribution is -2.59. The summed E-state index contributed by atoms with van der Waals surface area (Å²) in [5.74, 6) is 1.01. The van der Waals surface area contributed by atoms with Gasteiger partial charge in [0.25, 0.3) is 0 Å². The molecule has 0 unspecified atom stereocenters. The van der Waals surface area contributed by atoms with Gasteiger partial charge in [0.2, 0.25) is 5.91 Å². The highest BCUT2D eigenvalue weighted by Gasteiger charge is 2.36. The SMILES string of the molecule is O=C(CC[C@H](O)CN1CCc2ccccc2C1)c1cc(NC2CN(C(=O)C3CCC3)C2)ncn1. The summed E-state index contributed by atoms with van der Waals surface area (Å²) in [6.45, 7) is 3.68. The van der Waals surface area contributed by atoms with Crippen molar-refractivity contribution >= 4 is 17.5 Å². The van der Waals surface area contributed by atoms with Crippen molar-refractivity contribution in [2.45, 2.75) is 57.2 Å². The molecule has 3 aliphatic rings. The standard InChI is InChI=1S/C26H33N5O3/c32-22(16-30-11-10-18-4-1-2-5-20(18)13-30)8-9-24(33)23-12-25(28-17-27-23)29-21-14-31(15-21)26(34)19-6-3-7-19/h1-2,4-5,12,17,19,21-22,32H,3,6-11,13-16H2,(H,27,28,29)/t22-/m0/s1. The molecule has 8 nitrogen and oxygen atoms in total. The van der Waals surface area contributed by atoms with E-state index in [1.807, 2.05) is 4.90 Å². The third kappa shape index (κ3) is 5.28. The second-order valence-electron chi connectivity index (χ2n) is 9.87. The van der Waals surface area contributed by atoms with Crippen LogP contribution in [0.3, 0.4) is 0 Å². The van der Waals surface area contributed by atoms with Crippen LogP contribution in [0.2, 0.25) is 0 Å². The molecule has 180 valence electrons. The number of aliphatic hydroxyl groups is 1. The first-order chi connectivity index (χ1) is 16.5. The van der Waals surface area contributed by atoms with E-state index >= 15 is 0 Å². The predicted octanol–water partition coefficient (Wildman–Crippen LogP) is 2.28. The summed E-state index contributed by atoms with van der Waals surface area (Å²) in [5.41, 5.74) is 3.06. The number of nitrogens with zero attached hydrogens (tertiary/aromatic N) is 4. The second-order valence-corrected chi connectivity index (χ2v) is 9.87. The van der Waals surface area contributed by atoms with Gasteiger partial charge in [0.05, 0.1) is 12.1 Å². The Morgan fingerprint density at radius 3 is 2.71 bits per heavy atom. The van der Waals surface area contributed by atoms with Crippen LogP contribution in [0.4, 0.5) is 5.82 Å². The Morgan fingerprint density at radius 1 is 1.15 bits per heavy atom. The van der Waals surface area contributed by atoms with Gasteiger partial charge < -0.3 is 15.3 Å². The highest BCUT2D eigenvalue weighted by molar-refractivity contribution is 5.94. The first kappa shape index (κ1) is 22.9. The second kappa shape index (κ2) is 10.2. The number of Topliss-reactive ketones (excluding diaryl/α,β-unsaturated/α-hetero) is 1. The number of aromatic nitrogens is 2. The maximum Gasteiger partial charge on any atom is 0.225 e. The number of benzene rings is 1. The van der Waals surface area contributed by atoms with E-state index in [1.165, 1.54) is 17.5 Å². The van der Waals surface area contributed by atoms with Gasteiger partial charge in [-0.25, -0.2) is 9.97 Å². The summed E-state index contributed by atoms with van der Waals surface area (Å²) in [7, 11) is 0. The summed E-state index contributed by atoms with van der Waals surface area (Å²) in [4.78, 5) is 37.5. The van der Waals surface area contributed by atoms with Crippen LogP contribution >= 0.6 is 0 Å². The Labute approximate surface area is 200 Å². The number of hydrogen-bond acceptors (Lipinski definition) is 7. The van der Waals surface area contributed by atoms with Crippen molar-refractivity contribution in [3.63, 3.8) is 0 Å². The van der Waals surface area contributed by atoms with E-state index in [4.69, 9.17) is 0 Å². The van der Waals surface area contributed by atoms with Gasteiger partial charge in [-0.3, -0.25) is 14.5 Å². The molecule has 0 bridgehead atoms. The zero-order valence-corrected chi connectivity index (χ0v) is 19.5. The summed E-state index contributed by atoms with van der Waals surface area (Å²) >= 11 is 0. The van der Waals surface area contributed by atoms with Crippen LogP contribution in [0.15, 0.2) is 36.7 Å². The molecule has 1 atom stereocenters. The van der Waals surface area contributed by atoms with Crippen LogP contribution in [0.5, 0.6) is 0 Å². The van der Waals surface area contributed by atoms with E-state index < -0.39 is 6.10 Å². The lowest BCUT2D eigenvalue weighted by Gasteiger charge is -2.43. The fourth-order valence-electron chi connectivity index (χ4n) is 4.99. The normalized spacial score (nSPS) is 19.6. The molecule has 1 saturated carbocycles. The quantitative estimate of drug-likeness (QED) is 0.551. The number of hydrogen-bond donors (Lipinski definition) is 2. The van der Waals surface area contributed by atoms with Crippen molar-refractivity contribution < 1.29 is 14.7 Å². The van der Waals surface area contributed by atoms with Crippen molar-refractivity contribution in [3.05, 3.63) is 53.5 Å². The number of carbonyl (C=O) groups is 2. The molecule has 3 heterocycles. The molecule has 2 aliphatic heterocycles. The van der Waals surface area contributed by atoms with Gasteiger partial charge in [0.15, 0.2) is 5.78 Å². The molecule has 0 radical (unpaired) electrons. The zero-order valence-electron chi connectivity index (χ0n) is 19.5. The summed E-state index contributed by atoms with van der Waals surface area (Å²) in [6, 6.07) is 10.3. The molecule has 1 saturated heterocycles. The lowest BCUT2D eigenvalue weighted by atomic mass is 9.83. The number of anilines is 1. The largest absolute Gasteiger partial charge is 0.392 e. The van der Waals surface area contributed by atoms with Crippen molar-refractivity contribution in [1.82, 2.24) is 19.8 Å². The molecule has 1 aromatic carbocycles. The third-order valence-electron chi connectivity index (χ3n) is 7.34. The lowest BCUT2D eigenvalue weighted by molar-refractivity contribution is -0.142. The van der Waals surface area contributed by atoms with Crippen LogP contribution < -0.4 is 5.32 Å². The number of β-amino-alcohol motifs (C(OH)–C–C–N with tert-alkyl or cyclic N) is 1. The summed E-state index contributed by atoms with van der Waals surface area (Å²) in [5, 5.41) is 13.8. The van der Waals surface area contributed by atoms with Crippen LogP contribution in [0.1, 0.15) is 53.7 Å². The summed E-state index contributed by atoms with van der Waals surface area (Å²) < 4.78 is 0. The van der Waals surface area contributed by atoms with E-state index in [-0.39, 0.29) is 30.1 Å². The third-order valence-corrected chi connectivity index (χ3v) is 7.34. The van der Waals surface area contributed by atoms with Gasteiger partial charge in [-0.05, 0) is 36.8 Å². The Hall–Kier alpha value is -2.84. The molecule has 1 aromatic heterocycles. The van der Waals surface area contributed by atoms with Crippen molar-refractivity contribution in [3.8, 4) is 0 Å². The van der Waals surface area contributed by atoms with Gasteiger partial charge in [-0.15, -0.1) is 0 Å². The number of amides is 1. The van der Waals surface area contributed by atoms with Crippen molar-refractivity contribution in [1.29, 1.82) is 0 Å². The van der Waals surface area contributed by atoms with E-state index in [2.05, 4.69) is 44.5 Å². The van der Waals surface area contributed by atoms with Crippen LogP contribution in [-0.4, -0.2) is 74.9 Å². The Kier molecular flexibility index (Phi) is 6.87. The maximum atomic E-state index is 12.7. The number of likely N-dealkylation sites (tertiary alicyclic amines) is 1. The first-order valence-electron chi connectivity index (χ1n) is 12.4. The highest BCUT2D eigenvalue weighted by Crippen LogP contribution is 2.30. The number of aliphatic hydroxyl groups excluding tert-OH is 1. The van der Waals surface area contributed by atoms with Crippen molar-refractivity contribution in [2.75, 3.05) is 31.5 Å². The Morgan fingerprint density at radius 2 is 1.94 bits per heavy atom. The van der Waals surface area contributed by atoms with Gasteiger partial charge in [-0.2, -0.15) is 0 Å². The maximum absolute atomic E-state index is 12.7. The molecule has 1 aliphatic carbocycles. The molecule has 8 heteroatoms. The average molecular weight is 464 g/mol.